The zero-order chi connectivity index (χ0) is 14.0. The summed E-state index contributed by atoms with van der Waals surface area (Å²) in [5.41, 5.74) is 4.30. The van der Waals surface area contributed by atoms with E-state index in [1.54, 1.807) is 12.1 Å². The molecule has 2 rings (SSSR count). The van der Waals surface area contributed by atoms with Crippen LogP contribution >= 0.6 is 11.6 Å². The van der Waals surface area contributed by atoms with Gasteiger partial charge in [0.15, 0.2) is 0 Å². The van der Waals surface area contributed by atoms with Gasteiger partial charge in [0.25, 0.3) is 5.91 Å². The van der Waals surface area contributed by atoms with Crippen molar-refractivity contribution in [2.75, 3.05) is 0 Å². The van der Waals surface area contributed by atoms with E-state index in [9.17, 15) is 4.79 Å². The zero-order valence-corrected chi connectivity index (χ0v) is 12.4. The average Bonchev–Trinajstić information content (AvgIpc) is 2.32. The van der Waals surface area contributed by atoms with Gasteiger partial charge in [-0.25, -0.2) is 9.99 Å². The Hall–Kier alpha value is -1.13. The molecule has 0 spiro atoms. The molecule has 1 aromatic rings. The van der Waals surface area contributed by atoms with Gasteiger partial charge < -0.3 is 0 Å². The maximum absolute atomic E-state index is 12.3. The van der Waals surface area contributed by atoms with Crippen LogP contribution in [0.5, 0.6) is 0 Å². The third-order valence-electron chi connectivity index (χ3n) is 3.61. The third-order valence-corrected chi connectivity index (χ3v) is 3.80. The van der Waals surface area contributed by atoms with Crippen LogP contribution in [0, 0.1) is 6.92 Å². The number of carbonyl (C=O) groups excluding carboxylic acids is 1. The molecule has 1 amide bonds. The molecule has 1 aromatic heterocycles. The fourth-order valence-corrected chi connectivity index (χ4v) is 2.83. The first-order chi connectivity index (χ1) is 8.97. The van der Waals surface area contributed by atoms with Crippen LogP contribution in [0.3, 0.4) is 0 Å². The number of hydrogen-bond acceptors (Lipinski definition) is 3. The lowest BCUT2D eigenvalue weighted by atomic mass is 10.00. The summed E-state index contributed by atoms with van der Waals surface area (Å²) in [6, 6.07) is 4.08. The van der Waals surface area contributed by atoms with Crippen LogP contribution in [0.15, 0.2) is 12.1 Å². The highest BCUT2D eigenvalue weighted by Gasteiger charge is 2.26. The Morgan fingerprint density at radius 3 is 2.58 bits per heavy atom. The molecule has 1 aliphatic heterocycles. The molecule has 0 saturated carbocycles. The van der Waals surface area contributed by atoms with E-state index < -0.39 is 0 Å². The summed E-state index contributed by atoms with van der Waals surface area (Å²) in [4.78, 5) is 16.3. The molecule has 104 valence electrons. The Balaban J connectivity index is 2.11. The molecule has 1 saturated heterocycles. The van der Waals surface area contributed by atoms with Crippen molar-refractivity contribution in [2.24, 2.45) is 0 Å². The number of hydrazine groups is 1. The molecule has 4 nitrogen and oxygen atoms in total. The highest BCUT2D eigenvalue weighted by atomic mass is 35.5. The highest BCUT2D eigenvalue weighted by molar-refractivity contribution is 6.29. The van der Waals surface area contributed by atoms with Crippen LogP contribution in [0.1, 0.15) is 49.2 Å². The fourth-order valence-electron chi connectivity index (χ4n) is 2.58. The van der Waals surface area contributed by atoms with Crippen LogP contribution < -0.4 is 5.43 Å². The van der Waals surface area contributed by atoms with Gasteiger partial charge in [-0.15, -0.1) is 0 Å². The van der Waals surface area contributed by atoms with Crippen molar-refractivity contribution < 1.29 is 4.79 Å². The number of rotatable bonds is 2. The first-order valence-electron chi connectivity index (χ1n) is 6.71. The Labute approximate surface area is 119 Å². The van der Waals surface area contributed by atoms with Gasteiger partial charge in [0.1, 0.15) is 5.15 Å². The number of aromatic nitrogens is 1. The van der Waals surface area contributed by atoms with E-state index in [-0.39, 0.29) is 5.91 Å². The lowest BCUT2D eigenvalue weighted by Crippen LogP contribution is -2.54. The summed E-state index contributed by atoms with van der Waals surface area (Å²) in [7, 11) is 0. The summed E-state index contributed by atoms with van der Waals surface area (Å²) in [6.45, 7) is 6.11. The molecule has 19 heavy (non-hydrogen) atoms. The van der Waals surface area contributed by atoms with Crippen LogP contribution in [-0.2, 0) is 0 Å². The number of carbonyl (C=O) groups is 1. The maximum Gasteiger partial charge on any atom is 0.265 e. The van der Waals surface area contributed by atoms with E-state index in [2.05, 4.69) is 29.3 Å². The van der Waals surface area contributed by atoms with Crippen molar-refractivity contribution >= 4 is 17.5 Å². The van der Waals surface area contributed by atoms with Crippen molar-refractivity contribution in [1.29, 1.82) is 0 Å². The Bertz CT molecular complexity index is 448. The molecule has 1 aliphatic rings. The number of hydrogen-bond donors (Lipinski definition) is 1. The van der Waals surface area contributed by atoms with Crippen LogP contribution in [-0.4, -0.2) is 28.0 Å². The Kier molecular flexibility index (Phi) is 4.42. The number of nitrogens with zero attached hydrogens (tertiary/aromatic N) is 2. The zero-order valence-electron chi connectivity index (χ0n) is 11.6. The first-order valence-corrected chi connectivity index (χ1v) is 7.08. The standard InChI is InChI=1S/C14H20ClN3O/c1-9-7-12(8-13(15)16-9)14(19)17-18-10(2)5-4-6-11(18)3/h7-8,10-11H,4-6H2,1-3H3,(H,17,19). The molecule has 0 aromatic carbocycles. The molecule has 0 bridgehead atoms. The summed E-state index contributed by atoms with van der Waals surface area (Å²) in [5, 5.41) is 2.40. The monoisotopic (exact) mass is 281 g/mol. The SMILES string of the molecule is Cc1cc(C(=O)NN2C(C)CCCC2C)cc(Cl)n1. The van der Waals surface area contributed by atoms with E-state index >= 15 is 0 Å². The summed E-state index contributed by atoms with van der Waals surface area (Å²) in [5.74, 6) is -0.118. The highest BCUT2D eigenvalue weighted by Crippen LogP contribution is 2.20. The lowest BCUT2D eigenvalue weighted by Gasteiger charge is -2.38. The quantitative estimate of drug-likeness (QED) is 0.848. The number of pyridine rings is 1. The van der Waals surface area contributed by atoms with Crippen molar-refractivity contribution in [3.8, 4) is 0 Å². The van der Waals surface area contributed by atoms with Gasteiger partial charge in [-0.1, -0.05) is 18.0 Å². The minimum absolute atomic E-state index is 0.118. The van der Waals surface area contributed by atoms with Gasteiger partial charge in [0.05, 0.1) is 0 Å². The van der Waals surface area contributed by atoms with Crippen LogP contribution in [0.4, 0.5) is 0 Å². The number of halogens is 1. The molecule has 2 unspecified atom stereocenters. The molecule has 2 atom stereocenters. The number of nitrogens with one attached hydrogen (secondary N) is 1. The first kappa shape index (κ1) is 14.3. The van der Waals surface area contributed by atoms with Crippen LogP contribution in [0.2, 0.25) is 5.15 Å². The molecular weight excluding hydrogens is 262 g/mol. The van der Waals surface area contributed by atoms with Gasteiger partial charge in [0.2, 0.25) is 0 Å². The number of piperidine rings is 1. The van der Waals surface area contributed by atoms with Crippen LogP contribution in [0.25, 0.3) is 0 Å². The normalized spacial score (nSPS) is 24.2. The third kappa shape index (κ3) is 3.45. The number of amides is 1. The van der Waals surface area contributed by atoms with Crippen molar-refractivity contribution in [3.63, 3.8) is 0 Å². The van der Waals surface area contributed by atoms with Gasteiger partial charge in [-0.05, 0) is 45.7 Å². The largest absolute Gasteiger partial charge is 0.284 e. The minimum Gasteiger partial charge on any atom is -0.284 e. The second-order valence-corrected chi connectivity index (χ2v) is 5.68. The predicted octanol–water partition coefficient (Wildman–Crippen LogP) is 2.95. The second kappa shape index (κ2) is 5.88. The van der Waals surface area contributed by atoms with E-state index in [1.807, 2.05) is 6.92 Å². The molecule has 1 N–H and O–H groups in total. The van der Waals surface area contributed by atoms with E-state index in [0.717, 1.165) is 18.5 Å². The number of aryl methyl sites for hydroxylation is 1. The Morgan fingerprint density at radius 1 is 1.37 bits per heavy atom. The van der Waals surface area contributed by atoms with Gasteiger partial charge in [-0.3, -0.25) is 10.2 Å². The predicted molar refractivity (Wildman–Crippen MR) is 76.1 cm³/mol. The van der Waals surface area contributed by atoms with E-state index in [0.29, 0.717) is 22.8 Å². The second-order valence-electron chi connectivity index (χ2n) is 5.30. The molecule has 1 fully saturated rings. The maximum atomic E-state index is 12.3. The van der Waals surface area contributed by atoms with Crippen molar-refractivity contribution in [2.45, 2.75) is 52.1 Å². The van der Waals surface area contributed by atoms with E-state index in [4.69, 9.17) is 11.6 Å². The molecule has 5 heteroatoms. The van der Waals surface area contributed by atoms with Crippen molar-refractivity contribution in [1.82, 2.24) is 15.4 Å². The van der Waals surface area contributed by atoms with Gasteiger partial charge in [0, 0.05) is 23.3 Å². The molecule has 2 heterocycles. The van der Waals surface area contributed by atoms with Gasteiger partial charge >= 0.3 is 0 Å². The summed E-state index contributed by atoms with van der Waals surface area (Å²) < 4.78 is 0. The summed E-state index contributed by atoms with van der Waals surface area (Å²) >= 11 is 5.89. The van der Waals surface area contributed by atoms with Crippen molar-refractivity contribution in [3.05, 3.63) is 28.5 Å². The fraction of sp³-hybridized carbons (Fsp3) is 0.571. The lowest BCUT2D eigenvalue weighted by molar-refractivity contribution is 0.0369. The molecular formula is C14H20ClN3O. The minimum atomic E-state index is -0.118. The summed E-state index contributed by atoms with van der Waals surface area (Å²) in [6.07, 6.45) is 3.44. The Morgan fingerprint density at radius 2 is 2.00 bits per heavy atom. The smallest absolute Gasteiger partial charge is 0.265 e. The van der Waals surface area contributed by atoms with Gasteiger partial charge in [-0.2, -0.15) is 0 Å². The van der Waals surface area contributed by atoms with E-state index in [1.165, 1.54) is 6.42 Å². The average molecular weight is 282 g/mol. The topological polar surface area (TPSA) is 45.2 Å². The molecule has 0 aliphatic carbocycles. The molecule has 0 radical (unpaired) electrons.